The number of pyridine rings is 2. The first-order valence-electron chi connectivity index (χ1n) is 12.6. The molecule has 39 heavy (non-hydrogen) atoms. The van der Waals surface area contributed by atoms with Crippen LogP contribution in [-0.2, 0) is 9.53 Å². The van der Waals surface area contributed by atoms with Crippen LogP contribution in [0.1, 0.15) is 47.4 Å². The van der Waals surface area contributed by atoms with Gasteiger partial charge >= 0.3 is 12.1 Å². The Hall–Kier alpha value is -3.80. The van der Waals surface area contributed by atoms with E-state index in [2.05, 4.69) is 19.9 Å². The van der Waals surface area contributed by atoms with Crippen LogP contribution in [0.3, 0.4) is 0 Å². The van der Waals surface area contributed by atoms with Crippen molar-refractivity contribution in [1.29, 1.82) is 0 Å². The Morgan fingerprint density at radius 2 is 1.72 bits per heavy atom. The molecule has 2 saturated heterocycles. The number of carboxylic acid groups (broad SMARTS) is 1. The maximum absolute atomic E-state index is 13.2. The summed E-state index contributed by atoms with van der Waals surface area (Å²) >= 11 is 0. The van der Waals surface area contributed by atoms with Crippen molar-refractivity contribution in [3.8, 4) is 22.6 Å². The highest BCUT2D eigenvalue weighted by atomic mass is 19.4. The SMILES string of the molecule is Cc1nc(-c2cc(-c3cncc(C(=O)N4CCC5(CCOCC5)CC4)c3)ccn2)[nH]c1C.O=C(O)C(F)(F)F. The number of aryl methyl sites for hydroxylation is 2. The summed E-state index contributed by atoms with van der Waals surface area (Å²) in [5, 5.41) is 7.12. The van der Waals surface area contributed by atoms with Crippen LogP contribution in [0.4, 0.5) is 13.2 Å². The van der Waals surface area contributed by atoms with Crippen LogP contribution in [-0.4, -0.2) is 74.3 Å². The summed E-state index contributed by atoms with van der Waals surface area (Å²) in [5.41, 5.74) is 5.63. The van der Waals surface area contributed by atoms with Gasteiger partial charge in [-0.3, -0.25) is 14.8 Å². The third-order valence-corrected chi connectivity index (χ3v) is 7.36. The molecular formula is C27H30F3N5O4. The van der Waals surface area contributed by atoms with Crippen LogP contribution < -0.4 is 0 Å². The van der Waals surface area contributed by atoms with Crippen molar-refractivity contribution < 1.29 is 32.6 Å². The second-order valence-corrected chi connectivity index (χ2v) is 9.90. The molecule has 0 unspecified atom stereocenters. The fourth-order valence-corrected chi connectivity index (χ4v) is 4.79. The van der Waals surface area contributed by atoms with Crippen molar-refractivity contribution in [3.63, 3.8) is 0 Å². The Balaban J connectivity index is 0.000000448. The van der Waals surface area contributed by atoms with Gasteiger partial charge in [0.05, 0.1) is 11.3 Å². The molecule has 2 aliphatic rings. The summed E-state index contributed by atoms with van der Waals surface area (Å²) in [6.07, 6.45) is 4.50. The average Bonchev–Trinajstić information content (AvgIpc) is 3.27. The number of imidazole rings is 1. The number of nitrogens with one attached hydrogen (secondary N) is 1. The van der Waals surface area contributed by atoms with Crippen LogP contribution in [0.25, 0.3) is 22.6 Å². The molecule has 0 bridgehead atoms. The largest absolute Gasteiger partial charge is 0.490 e. The van der Waals surface area contributed by atoms with E-state index < -0.39 is 12.1 Å². The third-order valence-electron chi connectivity index (χ3n) is 7.36. The number of aromatic amines is 1. The van der Waals surface area contributed by atoms with Crippen LogP contribution in [0, 0.1) is 19.3 Å². The average molecular weight is 546 g/mol. The smallest absolute Gasteiger partial charge is 0.475 e. The van der Waals surface area contributed by atoms with E-state index in [0.717, 1.165) is 86.0 Å². The first kappa shape index (κ1) is 28.2. The predicted molar refractivity (Wildman–Crippen MR) is 136 cm³/mol. The topological polar surface area (TPSA) is 121 Å². The number of piperidine rings is 1. The quantitative estimate of drug-likeness (QED) is 0.484. The normalized spacial score (nSPS) is 16.9. The van der Waals surface area contributed by atoms with Crippen molar-refractivity contribution >= 4 is 11.9 Å². The van der Waals surface area contributed by atoms with Crippen LogP contribution in [0.2, 0.25) is 0 Å². The second-order valence-electron chi connectivity index (χ2n) is 9.90. The highest BCUT2D eigenvalue weighted by Crippen LogP contribution is 2.40. The summed E-state index contributed by atoms with van der Waals surface area (Å²) in [7, 11) is 0. The molecule has 0 radical (unpaired) electrons. The zero-order valence-electron chi connectivity index (χ0n) is 21.7. The Bertz CT molecular complexity index is 1310. The summed E-state index contributed by atoms with van der Waals surface area (Å²) < 4.78 is 37.3. The molecule has 0 atom stereocenters. The molecule has 5 rings (SSSR count). The summed E-state index contributed by atoms with van der Waals surface area (Å²) in [6.45, 7) is 7.29. The maximum Gasteiger partial charge on any atom is 0.490 e. The van der Waals surface area contributed by atoms with E-state index in [1.54, 1.807) is 18.6 Å². The van der Waals surface area contributed by atoms with Crippen molar-refractivity contribution in [2.45, 2.75) is 45.7 Å². The number of halogens is 3. The molecule has 0 aliphatic carbocycles. The minimum Gasteiger partial charge on any atom is -0.475 e. The van der Waals surface area contributed by atoms with Crippen molar-refractivity contribution in [1.82, 2.24) is 24.8 Å². The minimum atomic E-state index is -5.08. The van der Waals surface area contributed by atoms with Crippen molar-refractivity contribution in [3.05, 3.63) is 53.7 Å². The Morgan fingerprint density at radius 3 is 2.31 bits per heavy atom. The third kappa shape index (κ3) is 6.80. The Morgan fingerprint density at radius 1 is 1.05 bits per heavy atom. The number of carbonyl (C=O) groups is 2. The predicted octanol–water partition coefficient (Wildman–Crippen LogP) is 4.82. The number of likely N-dealkylation sites (tertiary alicyclic amines) is 1. The molecule has 0 aromatic carbocycles. The number of amides is 1. The molecule has 1 spiro atoms. The lowest BCUT2D eigenvalue weighted by Crippen LogP contribution is -2.45. The molecular weight excluding hydrogens is 515 g/mol. The summed E-state index contributed by atoms with van der Waals surface area (Å²) in [5.74, 6) is -1.95. The zero-order valence-corrected chi connectivity index (χ0v) is 21.7. The van der Waals surface area contributed by atoms with Crippen molar-refractivity contribution in [2.24, 2.45) is 5.41 Å². The number of hydrogen-bond acceptors (Lipinski definition) is 6. The molecule has 12 heteroatoms. The number of H-pyrrole nitrogens is 1. The fourth-order valence-electron chi connectivity index (χ4n) is 4.79. The van der Waals surface area contributed by atoms with Gasteiger partial charge in [-0.2, -0.15) is 13.2 Å². The van der Waals surface area contributed by atoms with E-state index in [1.165, 1.54) is 0 Å². The molecule has 2 N–H and O–H groups in total. The lowest BCUT2D eigenvalue weighted by molar-refractivity contribution is -0.192. The van der Waals surface area contributed by atoms with Gasteiger partial charge in [0.15, 0.2) is 5.82 Å². The Labute approximate surface area is 223 Å². The highest BCUT2D eigenvalue weighted by molar-refractivity contribution is 5.95. The molecule has 5 heterocycles. The van der Waals surface area contributed by atoms with Gasteiger partial charge in [-0.05, 0) is 68.7 Å². The number of aliphatic carboxylic acids is 1. The van der Waals surface area contributed by atoms with E-state index in [9.17, 15) is 18.0 Å². The molecule has 2 fully saturated rings. The first-order chi connectivity index (χ1) is 18.5. The van der Waals surface area contributed by atoms with E-state index in [4.69, 9.17) is 14.6 Å². The molecule has 3 aromatic heterocycles. The van der Waals surface area contributed by atoms with E-state index in [-0.39, 0.29) is 5.91 Å². The number of rotatable bonds is 3. The van der Waals surface area contributed by atoms with Gasteiger partial charge in [0.2, 0.25) is 0 Å². The van der Waals surface area contributed by atoms with Gasteiger partial charge in [0.1, 0.15) is 5.69 Å². The van der Waals surface area contributed by atoms with E-state index in [0.29, 0.717) is 11.0 Å². The number of carbonyl (C=O) groups excluding carboxylic acids is 1. The molecule has 2 aliphatic heterocycles. The maximum atomic E-state index is 13.2. The van der Waals surface area contributed by atoms with E-state index in [1.807, 2.05) is 36.9 Å². The van der Waals surface area contributed by atoms with Gasteiger partial charge in [0.25, 0.3) is 5.91 Å². The molecule has 1 amide bonds. The van der Waals surface area contributed by atoms with Crippen LogP contribution >= 0.6 is 0 Å². The van der Waals surface area contributed by atoms with Gasteiger partial charge < -0.3 is 19.7 Å². The van der Waals surface area contributed by atoms with E-state index >= 15 is 0 Å². The number of hydrogen-bond donors (Lipinski definition) is 2. The molecule has 208 valence electrons. The molecule has 9 nitrogen and oxygen atoms in total. The summed E-state index contributed by atoms with van der Waals surface area (Å²) in [6, 6.07) is 5.86. The zero-order chi connectivity index (χ0) is 28.2. The lowest BCUT2D eigenvalue weighted by atomic mass is 9.72. The minimum absolute atomic E-state index is 0.0628. The first-order valence-corrected chi connectivity index (χ1v) is 12.6. The number of alkyl halides is 3. The monoisotopic (exact) mass is 545 g/mol. The Kier molecular flexibility index (Phi) is 8.34. The van der Waals surface area contributed by atoms with Gasteiger partial charge in [0, 0.05) is 56.2 Å². The van der Waals surface area contributed by atoms with Crippen molar-refractivity contribution in [2.75, 3.05) is 26.3 Å². The standard InChI is InChI=1S/C25H29N5O2.C2HF3O2/c1-17-18(2)29-23(28-17)22-14-19(3-8-27-22)20-13-21(16-26-15-20)24(31)30-9-4-25(5-10-30)6-11-32-12-7-25;3-2(4,5)1(6)7/h3,8,13-16H,4-7,9-12H2,1-2H3,(H,28,29);(H,6,7). The molecule has 0 saturated carbocycles. The molecule has 3 aromatic rings. The fraction of sp³-hybridized carbons (Fsp3) is 0.444. The lowest BCUT2D eigenvalue weighted by Gasteiger charge is -2.44. The van der Waals surface area contributed by atoms with Gasteiger partial charge in [-0.15, -0.1) is 0 Å². The number of ether oxygens (including phenoxy) is 1. The number of aromatic nitrogens is 4. The summed E-state index contributed by atoms with van der Waals surface area (Å²) in [4.78, 5) is 40.8. The van der Waals surface area contributed by atoms with Crippen LogP contribution in [0.5, 0.6) is 0 Å². The van der Waals surface area contributed by atoms with Gasteiger partial charge in [-0.1, -0.05) is 0 Å². The number of carboxylic acids is 1. The van der Waals surface area contributed by atoms with Crippen LogP contribution in [0.15, 0.2) is 36.8 Å². The van der Waals surface area contributed by atoms with Gasteiger partial charge in [-0.25, -0.2) is 9.78 Å². The number of nitrogens with zero attached hydrogens (tertiary/aromatic N) is 4. The second kappa shape index (κ2) is 11.5. The highest BCUT2D eigenvalue weighted by Gasteiger charge is 2.38.